The van der Waals surface area contributed by atoms with Crippen molar-refractivity contribution in [1.29, 1.82) is 0 Å². The van der Waals surface area contributed by atoms with Crippen molar-refractivity contribution in [3.63, 3.8) is 0 Å². The fourth-order valence-corrected chi connectivity index (χ4v) is 3.30. The van der Waals surface area contributed by atoms with Gasteiger partial charge in [0.1, 0.15) is 6.04 Å². The molecule has 2 heterocycles. The standard InChI is InChI=1S/C11H9ClN2O2S/c12-7-1-3-8(4-2-7)14-10(15)9-5-17-6-13(9)11(14)16/h1-4,9H,5-6H2. The predicted octanol–water partition coefficient (Wildman–Crippen LogP) is 2.18. The summed E-state index contributed by atoms with van der Waals surface area (Å²) in [6.07, 6.45) is 0. The predicted molar refractivity (Wildman–Crippen MR) is 67.3 cm³/mol. The van der Waals surface area contributed by atoms with Gasteiger partial charge < -0.3 is 4.90 Å². The van der Waals surface area contributed by atoms with Crippen LogP contribution in [0.2, 0.25) is 5.02 Å². The van der Waals surface area contributed by atoms with Gasteiger partial charge in [0.25, 0.3) is 5.91 Å². The zero-order valence-corrected chi connectivity index (χ0v) is 10.4. The van der Waals surface area contributed by atoms with E-state index in [-0.39, 0.29) is 18.0 Å². The Balaban J connectivity index is 1.96. The molecule has 4 nitrogen and oxygen atoms in total. The number of urea groups is 1. The van der Waals surface area contributed by atoms with E-state index in [1.165, 1.54) is 4.90 Å². The average Bonchev–Trinajstić information content (AvgIpc) is 2.87. The second-order valence-corrected chi connectivity index (χ2v) is 5.35. The normalized spacial score (nSPS) is 23.5. The highest BCUT2D eigenvalue weighted by molar-refractivity contribution is 7.99. The topological polar surface area (TPSA) is 40.6 Å². The molecule has 0 saturated carbocycles. The van der Waals surface area contributed by atoms with Gasteiger partial charge in [-0.1, -0.05) is 11.6 Å². The first-order valence-electron chi connectivity index (χ1n) is 5.16. The Labute approximate surface area is 108 Å². The van der Waals surface area contributed by atoms with E-state index in [1.54, 1.807) is 40.9 Å². The van der Waals surface area contributed by atoms with Crippen LogP contribution in [-0.2, 0) is 4.79 Å². The number of hydrogen-bond donors (Lipinski definition) is 0. The van der Waals surface area contributed by atoms with Crippen molar-refractivity contribution in [2.75, 3.05) is 16.5 Å². The Hall–Kier alpha value is -1.20. The highest BCUT2D eigenvalue weighted by atomic mass is 35.5. The van der Waals surface area contributed by atoms with Crippen molar-refractivity contribution >= 4 is 41.0 Å². The minimum absolute atomic E-state index is 0.137. The number of rotatable bonds is 1. The lowest BCUT2D eigenvalue weighted by Gasteiger charge is -2.15. The van der Waals surface area contributed by atoms with Gasteiger partial charge in [0.15, 0.2) is 0 Å². The van der Waals surface area contributed by atoms with Gasteiger partial charge in [0.05, 0.1) is 11.6 Å². The van der Waals surface area contributed by atoms with E-state index in [1.807, 2.05) is 0 Å². The van der Waals surface area contributed by atoms with Gasteiger partial charge in [-0.05, 0) is 24.3 Å². The van der Waals surface area contributed by atoms with Gasteiger partial charge in [0.2, 0.25) is 0 Å². The van der Waals surface area contributed by atoms with E-state index >= 15 is 0 Å². The zero-order valence-electron chi connectivity index (χ0n) is 8.80. The zero-order chi connectivity index (χ0) is 12.0. The monoisotopic (exact) mass is 268 g/mol. The number of benzene rings is 1. The molecule has 1 aromatic rings. The number of thioether (sulfide) groups is 1. The molecule has 2 fully saturated rings. The lowest BCUT2D eigenvalue weighted by molar-refractivity contribution is -0.118. The Kier molecular flexibility index (Phi) is 2.52. The van der Waals surface area contributed by atoms with Gasteiger partial charge >= 0.3 is 6.03 Å². The number of carbonyl (C=O) groups excluding carboxylic acids is 2. The number of amides is 3. The lowest BCUT2D eigenvalue weighted by atomic mass is 10.2. The summed E-state index contributed by atoms with van der Waals surface area (Å²) >= 11 is 7.39. The molecule has 0 spiro atoms. The fraction of sp³-hybridized carbons (Fsp3) is 0.273. The third-order valence-corrected chi connectivity index (χ3v) is 4.17. The summed E-state index contributed by atoms with van der Waals surface area (Å²) in [5, 5.41) is 0.587. The summed E-state index contributed by atoms with van der Waals surface area (Å²) in [5.41, 5.74) is 0.587. The Bertz CT molecular complexity index is 469. The third kappa shape index (κ3) is 1.61. The largest absolute Gasteiger partial charge is 0.332 e. The van der Waals surface area contributed by atoms with Crippen LogP contribution in [0.5, 0.6) is 0 Å². The van der Waals surface area contributed by atoms with Crippen molar-refractivity contribution in [2.24, 2.45) is 0 Å². The van der Waals surface area contributed by atoms with E-state index in [2.05, 4.69) is 0 Å². The van der Waals surface area contributed by atoms with E-state index < -0.39 is 0 Å². The third-order valence-electron chi connectivity index (χ3n) is 2.91. The second-order valence-electron chi connectivity index (χ2n) is 3.92. The fourth-order valence-electron chi connectivity index (χ4n) is 2.04. The Morgan fingerprint density at radius 3 is 2.59 bits per heavy atom. The molecule has 0 aromatic heterocycles. The average molecular weight is 269 g/mol. The lowest BCUT2D eigenvalue weighted by Crippen LogP contribution is -2.32. The molecule has 6 heteroatoms. The first-order chi connectivity index (χ1) is 8.18. The van der Waals surface area contributed by atoms with Gasteiger partial charge in [-0.25, -0.2) is 9.69 Å². The quantitative estimate of drug-likeness (QED) is 0.733. The van der Waals surface area contributed by atoms with Gasteiger partial charge in [0, 0.05) is 10.8 Å². The first-order valence-corrected chi connectivity index (χ1v) is 6.69. The van der Waals surface area contributed by atoms with E-state index in [4.69, 9.17) is 11.6 Å². The van der Waals surface area contributed by atoms with Crippen LogP contribution in [-0.4, -0.2) is 34.5 Å². The van der Waals surface area contributed by atoms with Gasteiger partial charge in [-0.3, -0.25) is 4.79 Å². The van der Waals surface area contributed by atoms with Crippen LogP contribution in [0.25, 0.3) is 0 Å². The number of halogens is 1. The highest BCUT2D eigenvalue weighted by Crippen LogP contribution is 2.32. The second kappa shape index (κ2) is 3.92. The summed E-state index contributed by atoms with van der Waals surface area (Å²) in [5.74, 6) is 1.15. The van der Waals surface area contributed by atoms with Crippen LogP contribution in [0.4, 0.5) is 10.5 Å². The maximum atomic E-state index is 12.1. The summed E-state index contributed by atoms with van der Waals surface area (Å²) in [7, 11) is 0. The number of carbonyl (C=O) groups is 2. The summed E-state index contributed by atoms with van der Waals surface area (Å²) in [6.45, 7) is 0. The Morgan fingerprint density at radius 2 is 1.94 bits per heavy atom. The van der Waals surface area contributed by atoms with E-state index in [9.17, 15) is 9.59 Å². The maximum Gasteiger partial charge on any atom is 0.332 e. The summed E-state index contributed by atoms with van der Waals surface area (Å²) in [4.78, 5) is 27.0. The molecule has 88 valence electrons. The number of hydrogen-bond acceptors (Lipinski definition) is 3. The van der Waals surface area contributed by atoms with E-state index in [0.717, 1.165) is 0 Å². The van der Waals surface area contributed by atoms with Gasteiger partial charge in [-0.2, -0.15) is 0 Å². The van der Waals surface area contributed by atoms with E-state index in [0.29, 0.717) is 22.3 Å². The number of imide groups is 1. The molecule has 2 saturated heterocycles. The molecule has 1 unspecified atom stereocenters. The van der Waals surface area contributed by atoms with Crippen LogP contribution in [0.1, 0.15) is 0 Å². The molecule has 0 bridgehead atoms. The molecular weight excluding hydrogens is 260 g/mol. The number of nitrogens with zero attached hydrogens (tertiary/aromatic N) is 2. The summed E-state index contributed by atoms with van der Waals surface area (Å²) in [6, 6.07) is 6.21. The van der Waals surface area contributed by atoms with Crippen LogP contribution in [0, 0.1) is 0 Å². The molecule has 0 radical (unpaired) electrons. The molecule has 3 rings (SSSR count). The molecule has 3 amide bonds. The molecule has 0 aliphatic carbocycles. The van der Waals surface area contributed by atoms with Crippen molar-refractivity contribution in [3.05, 3.63) is 29.3 Å². The van der Waals surface area contributed by atoms with Crippen LogP contribution >= 0.6 is 23.4 Å². The Morgan fingerprint density at radius 1 is 1.24 bits per heavy atom. The number of fused-ring (bicyclic) bond motifs is 1. The molecular formula is C11H9ClN2O2S. The summed E-state index contributed by atoms with van der Waals surface area (Å²) < 4.78 is 0. The smallest absolute Gasteiger partial charge is 0.302 e. The molecule has 0 N–H and O–H groups in total. The van der Waals surface area contributed by atoms with Crippen LogP contribution < -0.4 is 4.90 Å². The van der Waals surface area contributed by atoms with Gasteiger partial charge in [-0.15, -0.1) is 11.8 Å². The minimum Gasteiger partial charge on any atom is -0.302 e. The van der Waals surface area contributed by atoms with Crippen LogP contribution in [0.3, 0.4) is 0 Å². The molecule has 17 heavy (non-hydrogen) atoms. The first kappa shape index (κ1) is 10.9. The molecule has 2 aliphatic rings. The molecule has 2 aliphatic heterocycles. The maximum absolute atomic E-state index is 12.1. The van der Waals surface area contributed by atoms with Crippen molar-refractivity contribution in [1.82, 2.24) is 4.90 Å². The SMILES string of the molecule is O=C1C2CSCN2C(=O)N1c1ccc(Cl)cc1. The van der Waals surface area contributed by atoms with Crippen molar-refractivity contribution < 1.29 is 9.59 Å². The molecule has 1 atom stereocenters. The molecule has 1 aromatic carbocycles. The minimum atomic E-state index is -0.289. The van der Waals surface area contributed by atoms with Crippen molar-refractivity contribution in [3.8, 4) is 0 Å². The van der Waals surface area contributed by atoms with Crippen molar-refractivity contribution in [2.45, 2.75) is 6.04 Å². The highest BCUT2D eigenvalue weighted by Gasteiger charge is 2.48. The number of anilines is 1. The van der Waals surface area contributed by atoms with Crippen LogP contribution in [0.15, 0.2) is 24.3 Å².